The SMILES string of the molecule is CCc1cc2c(ccc3cc(C(C)C)ncc32)[nH]1. The molecule has 0 radical (unpaired) electrons. The van der Waals surface area contributed by atoms with Crippen LogP contribution < -0.4 is 0 Å². The van der Waals surface area contributed by atoms with Crippen LogP contribution in [0.3, 0.4) is 0 Å². The van der Waals surface area contributed by atoms with E-state index >= 15 is 0 Å². The highest BCUT2D eigenvalue weighted by atomic mass is 14.7. The lowest BCUT2D eigenvalue weighted by molar-refractivity contribution is 0.826. The Balaban J connectivity index is 2.30. The van der Waals surface area contributed by atoms with Gasteiger partial charge in [0, 0.05) is 33.9 Å². The number of hydrogen-bond acceptors (Lipinski definition) is 1. The Labute approximate surface area is 107 Å². The molecular formula is C16H18N2. The molecule has 3 aromatic rings. The van der Waals surface area contributed by atoms with Crippen LogP contribution >= 0.6 is 0 Å². The number of nitrogens with one attached hydrogen (secondary N) is 1. The molecular weight excluding hydrogens is 220 g/mol. The molecule has 2 nitrogen and oxygen atoms in total. The summed E-state index contributed by atoms with van der Waals surface area (Å²) in [6, 6.07) is 8.80. The lowest BCUT2D eigenvalue weighted by Crippen LogP contribution is -1.91. The van der Waals surface area contributed by atoms with Gasteiger partial charge >= 0.3 is 0 Å². The summed E-state index contributed by atoms with van der Waals surface area (Å²) in [7, 11) is 0. The number of nitrogens with zero attached hydrogens (tertiary/aromatic N) is 1. The first-order chi connectivity index (χ1) is 8.69. The standard InChI is InChI=1S/C16H18N2/c1-4-12-8-13-14-9-17-16(10(2)3)7-11(14)5-6-15(13)18-12/h5-10,18H,4H2,1-3H3. The molecule has 0 saturated heterocycles. The van der Waals surface area contributed by atoms with E-state index in [1.54, 1.807) is 0 Å². The molecule has 2 aromatic heterocycles. The number of benzene rings is 1. The monoisotopic (exact) mass is 238 g/mol. The van der Waals surface area contributed by atoms with Crippen molar-refractivity contribution in [3.8, 4) is 0 Å². The number of fused-ring (bicyclic) bond motifs is 3. The molecule has 0 bridgehead atoms. The van der Waals surface area contributed by atoms with Gasteiger partial charge in [-0.25, -0.2) is 0 Å². The Morgan fingerprint density at radius 1 is 1.17 bits per heavy atom. The van der Waals surface area contributed by atoms with Crippen molar-refractivity contribution in [2.24, 2.45) is 0 Å². The van der Waals surface area contributed by atoms with Crippen LogP contribution in [0.2, 0.25) is 0 Å². The van der Waals surface area contributed by atoms with Crippen LogP contribution in [-0.2, 0) is 6.42 Å². The average molecular weight is 238 g/mol. The Morgan fingerprint density at radius 2 is 2.00 bits per heavy atom. The minimum atomic E-state index is 0.475. The van der Waals surface area contributed by atoms with Crippen molar-refractivity contribution in [2.75, 3.05) is 0 Å². The highest BCUT2D eigenvalue weighted by Crippen LogP contribution is 2.27. The molecule has 18 heavy (non-hydrogen) atoms. The van der Waals surface area contributed by atoms with Crippen LogP contribution in [0.25, 0.3) is 21.7 Å². The summed E-state index contributed by atoms with van der Waals surface area (Å²) in [6.45, 7) is 6.53. The predicted octanol–water partition coefficient (Wildman–Crippen LogP) is 4.40. The zero-order valence-corrected chi connectivity index (χ0v) is 11.1. The molecule has 0 saturated carbocycles. The van der Waals surface area contributed by atoms with E-state index in [0.29, 0.717) is 5.92 Å². The van der Waals surface area contributed by atoms with Crippen molar-refractivity contribution in [1.29, 1.82) is 0 Å². The van der Waals surface area contributed by atoms with Crippen molar-refractivity contribution in [3.63, 3.8) is 0 Å². The number of H-pyrrole nitrogens is 1. The quantitative estimate of drug-likeness (QED) is 0.704. The van der Waals surface area contributed by atoms with E-state index < -0.39 is 0 Å². The second kappa shape index (κ2) is 4.13. The van der Waals surface area contributed by atoms with E-state index in [0.717, 1.165) is 12.1 Å². The van der Waals surface area contributed by atoms with E-state index in [2.05, 4.69) is 55.0 Å². The number of aromatic nitrogens is 2. The molecule has 0 aliphatic heterocycles. The summed E-state index contributed by atoms with van der Waals surface area (Å²) >= 11 is 0. The van der Waals surface area contributed by atoms with Gasteiger partial charge in [-0.3, -0.25) is 4.98 Å². The molecule has 0 spiro atoms. The fourth-order valence-corrected chi connectivity index (χ4v) is 2.41. The lowest BCUT2D eigenvalue weighted by atomic mass is 10.0. The van der Waals surface area contributed by atoms with E-state index in [1.807, 2.05) is 6.20 Å². The minimum absolute atomic E-state index is 0.475. The molecule has 92 valence electrons. The fourth-order valence-electron chi connectivity index (χ4n) is 2.41. The number of aryl methyl sites for hydroxylation is 1. The summed E-state index contributed by atoms with van der Waals surface area (Å²) in [5, 5.41) is 3.81. The predicted molar refractivity (Wildman–Crippen MR) is 77.1 cm³/mol. The van der Waals surface area contributed by atoms with Crippen molar-refractivity contribution in [1.82, 2.24) is 9.97 Å². The Morgan fingerprint density at radius 3 is 2.72 bits per heavy atom. The van der Waals surface area contributed by atoms with E-state index in [-0.39, 0.29) is 0 Å². The number of hydrogen-bond donors (Lipinski definition) is 1. The van der Waals surface area contributed by atoms with Gasteiger partial charge in [0.1, 0.15) is 0 Å². The molecule has 3 rings (SSSR count). The van der Waals surface area contributed by atoms with Gasteiger partial charge in [0.25, 0.3) is 0 Å². The second-order valence-electron chi connectivity index (χ2n) is 5.16. The van der Waals surface area contributed by atoms with Crippen molar-refractivity contribution < 1.29 is 0 Å². The van der Waals surface area contributed by atoms with Crippen molar-refractivity contribution in [2.45, 2.75) is 33.1 Å². The summed E-state index contributed by atoms with van der Waals surface area (Å²) < 4.78 is 0. The van der Waals surface area contributed by atoms with Gasteiger partial charge in [0.05, 0.1) is 0 Å². The third kappa shape index (κ3) is 1.69. The van der Waals surface area contributed by atoms with Crippen LogP contribution in [-0.4, -0.2) is 9.97 Å². The molecule has 0 atom stereocenters. The lowest BCUT2D eigenvalue weighted by Gasteiger charge is -2.06. The van der Waals surface area contributed by atoms with Crippen LogP contribution in [0.15, 0.2) is 30.5 Å². The highest BCUT2D eigenvalue weighted by Gasteiger charge is 2.07. The second-order valence-corrected chi connectivity index (χ2v) is 5.16. The van der Waals surface area contributed by atoms with Crippen LogP contribution in [0.4, 0.5) is 0 Å². The molecule has 0 amide bonds. The Kier molecular flexibility index (Phi) is 2.58. The topological polar surface area (TPSA) is 28.7 Å². The van der Waals surface area contributed by atoms with Gasteiger partial charge in [-0.2, -0.15) is 0 Å². The maximum atomic E-state index is 4.58. The zero-order chi connectivity index (χ0) is 12.7. The number of rotatable bonds is 2. The number of aromatic amines is 1. The first-order valence-corrected chi connectivity index (χ1v) is 6.59. The largest absolute Gasteiger partial charge is 0.358 e. The molecule has 0 fully saturated rings. The first kappa shape index (κ1) is 11.3. The van der Waals surface area contributed by atoms with E-state index in [9.17, 15) is 0 Å². The molecule has 2 heteroatoms. The van der Waals surface area contributed by atoms with Crippen molar-refractivity contribution in [3.05, 3.63) is 41.9 Å². The van der Waals surface area contributed by atoms with Gasteiger partial charge < -0.3 is 4.98 Å². The van der Waals surface area contributed by atoms with Gasteiger partial charge in [0.2, 0.25) is 0 Å². The smallest absolute Gasteiger partial charge is 0.0463 e. The first-order valence-electron chi connectivity index (χ1n) is 6.59. The van der Waals surface area contributed by atoms with Crippen LogP contribution in [0, 0.1) is 0 Å². The Hall–Kier alpha value is -1.83. The van der Waals surface area contributed by atoms with E-state index in [1.165, 1.54) is 27.4 Å². The summed E-state index contributed by atoms with van der Waals surface area (Å²) in [4.78, 5) is 8.02. The van der Waals surface area contributed by atoms with Crippen molar-refractivity contribution >= 4 is 21.7 Å². The maximum absolute atomic E-state index is 4.58. The van der Waals surface area contributed by atoms with Gasteiger partial charge in [-0.05, 0) is 35.9 Å². The third-order valence-electron chi connectivity index (χ3n) is 3.55. The maximum Gasteiger partial charge on any atom is 0.0463 e. The van der Waals surface area contributed by atoms with E-state index in [4.69, 9.17) is 0 Å². The molecule has 0 aliphatic rings. The summed E-state index contributed by atoms with van der Waals surface area (Å²) in [5.41, 5.74) is 3.65. The normalized spacial score (nSPS) is 11.8. The van der Waals surface area contributed by atoms with Gasteiger partial charge in [-0.1, -0.05) is 26.8 Å². The van der Waals surface area contributed by atoms with Crippen LogP contribution in [0.1, 0.15) is 38.1 Å². The Bertz CT molecular complexity index is 708. The highest BCUT2D eigenvalue weighted by molar-refractivity contribution is 6.06. The summed E-state index contributed by atoms with van der Waals surface area (Å²) in [5.74, 6) is 0.475. The zero-order valence-electron chi connectivity index (χ0n) is 11.1. The fraction of sp³-hybridized carbons (Fsp3) is 0.312. The molecule has 1 aromatic carbocycles. The average Bonchev–Trinajstić information content (AvgIpc) is 2.81. The summed E-state index contributed by atoms with van der Waals surface area (Å²) in [6.07, 6.45) is 3.05. The third-order valence-corrected chi connectivity index (χ3v) is 3.55. The van der Waals surface area contributed by atoms with Crippen LogP contribution in [0.5, 0.6) is 0 Å². The molecule has 2 heterocycles. The molecule has 0 unspecified atom stereocenters. The van der Waals surface area contributed by atoms with Gasteiger partial charge in [-0.15, -0.1) is 0 Å². The molecule has 0 aliphatic carbocycles. The van der Waals surface area contributed by atoms with Gasteiger partial charge in [0.15, 0.2) is 0 Å². The minimum Gasteiger partial charge on any atom is -0.358 e. The molecule has 1 N–H and O–H groups in total. The number of pyridine rings is 1.